The number of fused-ring (bicyclic) bond motifs is 2. The molecule has 0 radical (unpaired) electrons. The van der Waals surface area contributed by atoms with Crippen molar-refractivity contribution < 1.29 is 0 Å². The van der Waals surface area contributed by atoms with Gasteiger partial charge >= 0.3 is 0 Å². The minimum atomic E-state index is 0.994. The van der Waals surface area contributed by atoms with Crippen molar-refractivity contribution in [1.82, 2.24) is 0 Å². The molecule has 0 spiro atoms. The predicted octanol–water partition coefficient (Wildman–Crippen LogP) is 5.39. The lowest BCUT2D eigenvalue weighted by Crippen LogP contribution is -1.92. The predicted molar refractivity (Wildman–Crippen MR) is 87.3 cm³/mol. The van der Waals surface area contributed by atoms with Crippen LogP contribution in [0.3, 0.4) is 0 Å². The molecule has 0 atom stereocenters. The Kier molecular flexibility index (Phi) is 3.65. The molecular formula is C18H15Br. The van der Waals surface area contributed by atoms with E-state index in [1.54, 1.807) is 0 Å². The highest BCUT2D eigenvalue weighted by Gasteiger charge is 2.13. The molecule has 0 aliphatic heterocycles. The van der Waals surface area contributed by atoms with Crippen molar-refractivity contribution in [2.24, 2.45) is 0 Å². The number of benzene rings is 2. The third kappa shape index (κ3) is 2.43. The first kappa shape index (κ1) is 12.4. The molecule has 2 aromatic carbocycles. The van der Waals surface area contributed by atoms with Gasteiger partial charge < -0.3 is 0 Å². The first-order valence-corrected chi connectivity index (χ1v) is 7.65. The van der Waals surface area contributed by atoms with E-state index in [1.165, 1.54) is 27.8 Å². The largest absolute Gasteiger partial charge is 0.0925 e. The lowest BCUT2D eigenvalue weighted by atomic mass is 9.93. The van der Waals surface area contributed by atoms with E-state index in [4.69, 9.17) is 0 Å². The maximum Gasteiger partial charge on any atom is 0.00662 e. The number of alkyl halides is 1. The van der Waals surface area contributed by atoms with Crippen molar-refractivity contribution in [2.75, 3.05) is 5.33 Å². The van der Waals surface area contributed by atoms with Crippen LogP contribution in [-0.4, -0.2) is 5.33 Å². The maximum atomic E-state index is 3.52. The zero-order valence-electron chi connectivity index (χ0n) is 10.6. The van der Waals surface area contributed by atoms with E-state index in [0.29, 0.717) is 0 Å². The molecule has 0 heterocycles. The molecule has 0 unspecified atom stereocenters. The monoisotopic (exact) mass is 310 g/mol. The second-order valence-electron chi connectivity index (χ2n) is 4.60. The van der Waals surface area contributed by atoms with Crippen molar-refractivity contribution in [3.8, 4) is 0 Å². The first-order valence-electron chi connectivity index (χ1n) is 6.53. The smallest absolute Gasteiger partial charge is 0.00662 e. The number of allylic oxidation sites excluding steroid dienone is 1. The zero-order chi connectivity index (χ0) is 13.1. The standard InChI is InChI=1S/C18H15Br/c19-13-5-10-18-16-8-3-1-6-14(16)11-12-15-7-2-4-9-17(15)18/h1-4,6-12H,5,13H2. The van der Waals surface area contributed by atoms with Gasteiger partial charge in [0.2, 0.25) is 0 Å². The van der Waals surface area contributed by atoms with Gasteiger partial charge in [-0.15, -0.1) is 0 Å². The highest BCUT2D eigenvalue weighted by molar-refractivity contribution is 9.09. The van der Waals surface area contributed by atoms with Gasteiger partial charge in [0.1, 0.15) is 0 Å². The van der Waals surface area contributed by atoms with Crippen LogP contribution in [0.1, 0.15) is 28.7 Å². The van der Waals surface area contributed by atoms with Gasteiger partial charge in [0.05, 0.1) is 0 Å². The summed E-state index contributed by atoms with van der Waals surface area (Å²) in [6, 6.07) is 17.2. The van der Waals surface area contributed by atoms with E-state index in [0.717, 1.165) is 11.8 Å². The van der Waals surface area contributed by atoms with Crippen LogP contribution >= 0.6 is 15.9 Å². The molecule has 0 N–H and O–H groups in total. The summed E-state index contributed by atoms with van der Waals surface area (Å²) in [5.74, 6) is 0. The molecule has 3 rings (SSSR count). The van der Waals surface area contributed by atoms with Crippen LogP contribution in [0, 0.1) is 0 Å². The second kappa shape index (κ2) is 5.58. The molecule has 0 nitrogen and oxygen atoms in total. The van der Waals surface area contributed by atoms with Gasteiger partial charge in [0, 0.05) is 5.33 Å². The molecule has 0 amide bonds. The van der Waals surface area contributed by atoms with Gasteiger partial charge in [-0.3, -0.25) is 0 Å². The Morgan fingerprint density at radius 3 is 1.84 bits per heavy atom. The molecule has 1 aliphatic carbocycles. The molecule has 0 aromatic heterocycles. The summed E-state index contributed by atoms with van der Waals surface area (Å²) in [6.07, 6.45) is 7.80. The van der Waals surface area contributed by atoms with Crippen LogP contribution < -0.4 is 0 Å². The van der Waals surface area contributed by atoms with E-state index in [9.17, 15) is 0 Å². The van der Waals surface area contributed by atoms with Crippen molar-refractivity contribution in [2.45, 2.75) is 6.42 Å². The normalized spacial score (nSPS) is 12.6. The van der Waals surface area contributed by atoms with Gasteiger partial charge in [0.25, 0.3) is 0 Å². The summed E-state index contributed by atoms with van der Waals surface area (Å²) < 4.78 is 0. The van der Waals surface area contributed by atoms with E-state index in [2.05, 4.69) is 82.7 Å². The van der Waals surface area contributed by atoms with E-state index < -0.39 is 0 Å². The Hall–Kier alpha value is -1.60. The Balaban J connectivity index is 2.24. The number of halogens is 1. The Bertz CT molecular complexity index is 599. The Morgan fingerprint density at radius 1 is 0.789 bits per heavy atom. The van der Waals surface area contributed by atoms with Crippen LogP contribution in [-0.2, 0) is 0 Å². The van der Waals surface area contributed by atoms with Crippen molar-refractivity contribution in [1.29, 1.82) is 0 Å². The number of rotatable bonds is 2. The summed E-state index contributed by atoms with van der Waals surface area (Å²) in [4.78, 5) is 0. The first-order chi connectivity index (χ1) is 9.40. The molecule has 19 heavy (non-hydrogen) atoms. The topological polar surface area (TPSA) is 0 Å². The Morgan fingerprint density at radius 2 is 1.32 bits per heavy atom. The molecule has 2 aromatic rings. The van der Waals surface area contributed by atoms with Crippen LogP contribution in [0.15, 0.2) is 54.6 Å². The highest BCUT2D eigenvalue weighted by Crippen LogP contribution is 2.33. The summed E-state index contributed by atoms with van der Waals surface area (Å²) in [5, 5.41) is 0.994. The fourth-order valence-electron chi connectivity index (χ4n) is 2.52. The minimum Gasteiger partial charge on any atom is -0.0925 e. The summed E-state index contributed by atoms with van der Waals surface area (Å²) in [6.45, 7) is 0. The zero-order valence-corrected chi connectivity index (χ0v) is 12.2. The summed E-state index contributed by atoms with van der Waals surface area (Å²) in [7, 11) is 0. The van der Waals surface area contributed by atoms with Crippen molar-refractivity contribution in [3.63, 3.8) is 0 Å². The van der Waals surface area contributed by atoms with Crippen molar-refractivity contribution >= 4 is 33.7 Å². The average Bonchev–Trinajstić information content (AvgIpc) is 2.62. The maximum absolute atomic E-state index is 3.52. The number of hydrogen-bond donors (Lipinski definition) is 0. The van der Waals surface area contributed by atoms with Gasteiger partial charge in [0.15, 0.2) is 0 Å². The fraction of sp³-hybridized carbons (Fsp3) is 0.111. The fourth-order valence-corrected chi connectivity index (χ4v) is 2.75. The molecule has 0 saturated heterocycles. The van der Waals surface area contributed by atoms with Gasteiger partial charge in [-0.05, 0) is 34.2 Å². The van der Waals surface area contributed by atoms with Crippen molar-refractivity contribution in [3.05, 3.63) is 76.9 Å². The molecule has 0 bridgehead atoms. The summed E-state index contributed by atoms with van der Waals surface area (Å²) >= 11 is 3.52. The Labute approximate surface area is 122 Å². The quantitative estimate of drug-likeness (QED) is 0.557. The third-order valence-electron chi connectivity index (χ3n) is 3.40. The lowest BCUT2D eigenvalue weighted by molar-refractivity contribution is 1.26. The minimum absolute atomic E-state index is 0.994. The van der Waals surface area contributed by atoms with Gasteiger partial charge in [-0.2, -0.15) is 0 Å². The summed E-state index contributed by atoms with van der Waals surface area (Å²) in [5.41, 5.74) is 6.57. The average molecular weight is 311 g/mol. The van der Waals surface area contributed by atoms with E-state index >= 15 is 0 Å². The molecule has 1 aliphatic rings. The molecule has 0 fully saturated rings. The third-order valence-corrected chi connectivity index (χ3v) is 3.86. The van der Waals surface area contributed by atoms with E-state index in [-0.39, 0.29) is 0 Å². The molecule has 94 valence electrons. The van der Waals surface area contributed by atoms with Gasteiger partial charge in [-0.25, -0.2) is 0 Å². The highest BCUT2D eigenvalue weighted by atomic mass is 79.9. The van der Waals surface area contributed by atoms with Crippen LogP contribution in [0.2, 0.25) is 0 Å². The lowest BCUT2D eigenvalue weighted by Gasteiger charge is -2.11. The molecule has 0 saturated carbocycles. The van der Waals surface area contributed by atoms with Crippen LogP contribution in [0.5, 0.6) is 0 Å². The molecular weight excluding hydrogens is 296 g/mol. The second-order valence-corrected chi connectivity index (χ2v) is 5.40. The molecule has 1 heteroatoms. The van der Waals surface area contributed by atoms with Gasteiger partial charge in [-0.1, -0.05) is 82.7 Å². The van der Waals surface area contributed by atoms with Crippen LogP contribution in [0.25, 0.3) is 17.7 Å². The SMILES string of the molecule is BrCCC=C1c2ccccc2C=Cc2ccccc21. The van der Waals surface area contributed by atoms with E-state index in [1.807, 2.05) is 0 Å². The van der Waals surface area contributed by atoms with Crippen LogP contribution in [0.4, 0.5) is 0 Å². The number of hydrogen-bond acceptors (Lipinski definition) is 0.